The molecule has 0 aliphatic carbocycles. The number of anilines is 1. The molecule has 1 aliphatic heterocycles. The van der Waals surface area contributed by atoms with Crippen molar-refractivity contribution < 1.29 is 4.79 Å². The largest absolute Gasteiger partial charge is 0.368 e. The van der Waals surface area contributed by atoms with Gasteiger partial charge in [-0.25, -0.2) is 4.79 Å². The number of hydrogen-bond acceptors (Lipinski definition) is 2. The van der Waals surface area contributed by atoms with Gasteiger partial charge in [-0.3, -0.25) is 0 Å². The number of urea groups is 1. The first-order chi connectivity index (χ1) is 11.3. The van der Waals surface area contributed by atoms with E-state index in [1.165, 1.54) is 16.8 Å². The van der Waals surface area contributed by atoms with E-state index >= 15 is 0 Å². The molecule has 1 aliphatic rings. The highest BCUT2D eigenvalue weighted by atomic mass is 16.2. The van der Waals surface area contributed by atoms with Gasteiger partial charge in [-0.2, -0.15) is 0 Å². The van der Waals surface area contributed by atoms with Gasteiger partial charge >= 0.3 is 6.03 Å². The Hall–Kier alpha value is -1.71. The van der Waals surface area contributed by atoms with Crippen LogP contribution in [0.1, 0.15) is 64.5 Å². The van der Waals surface area contributed by atoms with Gasteiger partial charge in [0.2, 0.25) is 0 Å². The van der Waals surface area contributed by atoms with Gasteiger partial charge in [-0.15, -0.1) is 0 Å². The normalized spacial score (nSPS) is 15.5. The molecule has 0 unspecified atom stereocenters. The van der Waals surface area contributed by atoms with E-state index in [9.17, 15) is 4.79 Å². The fourth-order valence-electron chi connectivity index (χ4n) is 3.35. The molecule has 2 amide bonds. The molecule has 1 saturated heterocycles. The molecule has 0 atom stereocenters. The summed E-state index contributed by atoms with van der Waals surface area (Å²) in [5.41, 5.74) is 4.23. The first kappa shape index (κ1) is 18.6. The van der Waals surface area contributed by atoms with Crippen LogP contribution in [-0.2, 0) is 0 Å². The average molecular weight is 332 g/mol. The van der Waals surface area contributed by atoms with E-state index in [1.54, 1.807) is 0 Å². The highest BCUT2D eigenvalue weighted by Gasteiger charge is 2.25. The summed E-state index contributed by atoms with van der Waals surface area (Å²) in [6, 6.07) is 6.93. The van der Waals surface area contributed by atoms with Gasteiger partial charge in [0.05, 0.1) is 0 Å². The lowest BCUT2D eigenvalue weighted by Gasteiger charge is -2.39. The molecule has 1 heterocycles. The minimum Gasteiger partial charge on any atom is -0.368 e. The van der Waals surface area contributed by atoms with Crippen molar-refractivity contribution in [1.29, 1.82) is 0 Å². The molecule has 0 radical (unpaired) electrons. The second-order valence-corrected chi connectivity index (χ2v) is 7.67. The zero-order valence-corrected chi connectivity index (χ0v) is 16.1. The van der Waals surface area contributed by atoms with Crippen LogP contribution in [-0.4, -0.2) is 43.2 Å². The molecule has 4 heteroatoms. The van der Waals surface area contributed by atoms with Crippen molar-refractivity contribution in [3.8, 4) is 0 Å². The van der Waals surface area contributed by atoms with E-state index in [0.717, 1.165) is 26.2 Å². The molecule has 24 heavy (non-hydrogen) atoms. The van der Waals surface area contributed by atoms with Crippen LogP contribution in [0.15, 0.2) is 18.2 Å². The van der Waals surface area contributed by atoms with Crippen molar-refractivity contribution >= 4 is 11.7 Å². The van der Waals surface area contributed by atoms with Crippen molar-refractivity contribution in [3.05, 3.63) is 29.3 Å². The van der Waals surface area contributed by atoms with Crippen LogP contribution < -0.4 is 10.2 Å². The third-order valence-electron chi connectivity index (χ3n) is 4.64. The average Bonchev–Trinajstić information content (AvgIpc) is 2.53. The van der Waals surface area contributed by atoms with Crippen molar-refractivity contribution in [2.45, 2.75) is 59.4 Å². The summed E-state index contributed by atoms with van der Waals surface area (Å²) in [7, 11) is 0. The number of nitrogens with zero attached hydrogens (tertiary/aromatic N) is 2. The second-order valence-electron chi connectivity index (χ2n) is 7.67. The molecule has 0 spiro atoms. The predicted molar refractivity (Wildman–Crippen MR) is 102 cm³/mol. The number of hydrogen-bond donors (Lipinski definition) is 1. The molecule has 1 aromatic rings. The summed E-state index contributed by atoms with van der Waals surface area (Å²) in [4.78, 5) is 16.6. The number of benzene rings is 1. The molecule has 0 bridgehead atoms. The maximum Gasteiger partial charge on any atom is 0.317 e. The predicted octanol–water partition coefficient (Wildman–Crippen LogP) is 4.17. The molecule has 1 aromatic carbocycles. The summed E-state index contributed by atoms with van der Waals surface area (Å²) >= 11 is 0. The zero-order chi connectivity index (χ0) is 17.9. The van der Waals surface area contributed by atoms with Crippen LogP contribution in [0.4, 0.5) is 10.5 Å². The number of piperazine rings is 1. The SMILES string of the molecule is CC(C)NC(=O)N1CCN(c2c(C(C)C)cccc2C(C)C)CC1. The molecular weight excluding hydrogens is 298 g/mol. The maximum absolute atomic E-state index is 12.2. The van der Waals surface area contributed by atoms with Gasteiger partial charge in [0.15, 0.2) is 0 Å². The Morgan fingerprint density at radius 3 is 1.83 bits per heavy atom. The van der Waals surface area contributed by atoms with E-state index in [-0.39, 0.29) is 12.1 Å². The van der Waals surface area contributed by atoms with Gasteiger partial charge < -0.3 is 15.1 Å². The van der Waals surface area contributed by atoms with E-state index in [0.29, 0.717) is 11.8 Å². The maximum atomic E-state index is 12.2. The molecule has 1 fully saturated rings. The van der Waals surface area contributed by atoms with Crippen molar-refractivity contribution in [2.75, 3.05) is 31.1 Å². The molecule has 134 valence electrons. The van der Waals surface area contributed by atoms with Gasteiger partial charge in [0, 0.05) is 37.9 Å². The Labute approximate surface area is 147 Å². The number of carbonyl (C=O) groups excluding carboxylic acids is 1. The van der Waals surface area contributed by atoms with Crippen LogP contribution in [0.5, 0.6) is 0 Å². The topological polar surface area (TPSA) is 35.6 Å². The Bertz CT molecular complexity index is 532. The Kier molecular flexibility index (Phi) is 6.14. The number of amides is 2. The van der Waals surface area contributed by atoms with E-state index in [2.05, 4.69) is 56.1 Å². The fraction of sp³-hybridized carbons (Fsp3) is 0.650. The zero-order valence-electron chi connectivity index (χ0n) is 16.1. The summed E-state index contributed by atoms with van der Waals surface area (Å²) < 4.78 is 0. The van der Waals surface area contributed by atoms with E-state index in [1.807, 2.05) is 18.7 Å². The van der Waals surface area contributed by atoms with Crippen molar-refractivity contribution in [3.63, 3.8) is 0 Å². The standard InChI is InChI=1S/C20H33N3O/c1-14(2)17-8-7-9-18(15(3)4)19(17)22-10-12-23(13-11-22)20(24)21-16(5)6/h7-9,14-16H,10-13H2,1-6H3,(H,21,24). The fourth-order valence-corrected chi connectivity index (χ4v) is 3.35. The van der Waals surface area contributed by atoms with Gasteiger partial charge in [0.1, 0.15) is 0 Å². The van der Waals surface area contributed by atoms with Crippen LogP contribution in [0.2, 0.25) is 0 Å². The van der Waals surface area contributed by atoms with Crippen molar-refractivity contribution in [2.24, 2.45) is 0 Å². The lowest BCUT2D eigenvalue weighted by atomic mass is 9.91. The molecular formula is C20H33N3O. The number of carbonyl (C=O) groups is 1. The number of rotatable bonds is 4. The van der Waals surface area contributed by atoms with Gasteiger partial charge in [0.25, 0.3) is 0 Å². The molecule has 0 aromatic heterocycles. The number of nitrogens with one attached hydrogen (secondary N) is 1. The van der Waals surface area contributed by atoms with Crippen LogP contribution in [0, 0.1) is 0 Å². The Morgan fingerprint density at radius 2 is 1.42 bits per heavy atom. The Balaban J connectivity index is 2.18. The first-order valence-corrected chi connectivity index (χ1v) is 9.24. The smallest absolute Gasteiger partial charge is 0.317 e. The van der Waals surface area contributed by atoms with Crippen LogP contribution in [0.25, 0.3) is 0 Å². The first-order valence-electron chi connectivity index (χ1n) is 9.24. The third kappa shape index (κ3) is 4.22. The summed E-state index contributed by atoms with van der Waals surface area (Å²) in [6.07, 6.45) is 0. The highest BCUT2D eigenvalue weighted by molar-refractivity contribution is 5.75. The van der Waals surface area contributed by atoms with E-state index in [4.69, 9.17) is 0 Å². The molecule has 2 rings (SSSR count). The van der Waals surface area contributed by atoms with Gasteiger partial charge in [-0.1, -0.05) is 45.9 Å². The Morgan fingerprint density at radius 1 is 0.917 bits per heavy atom. The quantitative estimate of drug-likeness (QED) is 0.898. The third-order valence-corrected chi connectivity index (χ3v) is 4.64. The lowest BCUT2D eigenvalue weighted by molar-refractivity contribution is 0.192. The lowest BCUT2D eigenvalue weighted by Crippen LogP contribution is -2.53. The summed E-state index contributed by atoms with van der Waals surface area (Å²) in [5, 5.41) is 2.99. The monoisotopic (exact) mass is 331 g/mol. The molecule has 1 N–H and O–H groups in total. The molecule has 0 saturated carbocycles. The summed E-state index contributed by atoms with van der Waals surface area (Å²) in [5.74, 6) is 1.00. The minimum absolute atomic E-state index is 0.0610. The van der Waals surface area contributed by atoms with Gasteiger partial charge in [-0.05, 0) is 36.8 Å². The highest BCUT2D eigenvalue weighted by Crippen LogP contribution is 2.35. The minimum atomic E-state index is 0.0610. The second kappa shape index (κ2) is 7.91. The van der Waals surface area contributed by atoms with Crippen molar-refractivity contribution in [1.82, 2.24) is 10.2 Å². The summed E-state index contributed by atoms with van der Waals surface area (Å²) in [6.45, 7) is 16.4. The van der Waals surface area contributed by atoms with Crippen LogP contribution >= 0.6 is 0 Å². The molecule has 4 nitrogen and oxygen atoms in total. The van der Waals surface area contributed by atoms with E-state index < -0.39 is 0 Å². The number of para-hydroxylation sites is 1. The van der Waals surface area contributed by atoms with Crippen LogP contribution in [0.3, 0.4) is 0 Å².